The van der Waals surface area contributed by atoms with Crippen LogP contribution >= 0.6 is 11.3 Å². The van der Waals surface area contributed by atoms with Gasteiger partial charge in [-0.15, -0.1) is 11.3 Å². The van der Waals surface area contributed by atoms with Crippen molar-refractivity contribution in [2.45, 2.75) is 122 Å². The number of hydrogen-bond donors (Lipinski definition) is 3. The molecule has 5 atom stereocenters. The summed E-state index contributed by atoms with van der Waals surface area (Å²) in [7, 11) is 1.60. The number of ether oxygens (including phenoxy) is 3. The van der Waals surface area contributed by atoms with E-state index < -0.39 is 53.2 Å². The number of carbonyl (C=O) groups is 4. The Balaban J connectivity index is 1.37. The highest BCUT2D eigenvalue weighted by atomic mass is 32.1. The zero-order chi connectivity index (χ0) is 38.9. The molecule has 3 amide bonds. The average molecular weight is 762 g/mol. The van der Waals surface area contributed by atoms with Crippen LogP contribution in [0.1, 0.15) is 96.7 Å². The summed E-state index contributed by atoms with van der Waals surface area (Å²) in [5, 5.41) is 19.3. The molecule has 1 saturated heterocycles. The summed E-state index contributed by atoms with van der Waals surface area (Å²) in [6.07, 6.45) is 6.16. The van der Waals surface area contributed by atoms with Gasteiger partial charge in [-0.25, -0.2) is 19.6 Å². The van der Waals surface area contributed by atoms with Gasteiger partial charge in [0.25, 0.3) is 0 Å². The predicted molar refractivity (Wildman–Crippen MR) is 205 cm³/mol. The molecule has 1 aliphatic carbocycles. The van der Waals surface area contributed by atoms with E-state index in [1.807, 2.05) is 42.7 Å². The first-order valence-electron chi connectivity index (χ1n) is 18.7. The van der Waals surface area contributed by atoms with Gasteiger partial charge in [0.15, 0.2) is 0 Å². The molecule has 13 nitrogen and oxygen atoms in total. The van der Waals surface area contributed by atoms with Crippen LogP contribution in [0.15, 0.2) is 35.7 Å². The number of hydrogen-bond acceptors (Lipinski definition) is 10. The number of benzene rings is 1. The van der Waals surface area contributed by atoms with Gasteiger partial charge in [0.05, 0.1) is 24.9 Å². The Morgan fingerprint density at radius 1 is 1.13 bits per heavy atom. The molecule has 6 rings (SSSR count). The summed E-state index contributed by atoms with van der Waals surface area (Å²) in [6.45, 7) is 11.3. The average Bonchev–Trinajstić information content (AvgIpc) is 3.40. The maximum Gasteiger partial charge on any atom is 0.408 e. The van der Waals surface area contributed by atoms with Crippen molar-refractivity contribution >= 4 is 46.1 Å². The number of aryl methyl sites for hydroxylation is 1. The van der Waals surface area contributed by atoms with Crippen molar-refractivity contribution in [3.8, 4) is 22.2 Å². The highest BCUT2D eigenvalue weighted by Crippen LogP contribution is 2.46. The second kappa shape index (κ2) is 15.6. The summed E-state index contributed by atoms with van der Waals surface area (Å²) in [5.74, 6) is -1.11. The molecular formula is C40H51N5O8S. The number of nitrogens with zero attached hydrogens (tertiary/aromatic N) is 3. The van der Waals surface area contributed by atoms with Crippen LogP contribution in [0.2, 0.25) is 0 Å². The predicted octanol–water partition coefficient (Wildman–Crippen LogP) is 6.52. The maximum absolute atomic E-state index is 14.5. The highest BCUT2D eigenvalue weighted by Gasteiger charge is 2.61. The molecule has 0 bridgehead atoms. The number of methoxy groups -OCH3 is 1. The van der Waals surface area contributed by atoms with Crippen LogP contribution in [0.3, 0.4) is 0 Å². The molecule has 1 aromatic carbocycles. The normalized spacial score (nSPS) is 25.5. The van der Waals surface area contributed by atoms with E-state index in [2.05, 4.69) is 24.5 Å². The lowest BCUT2D eigenvalue weighted by atomic mass is 10.0. The van der Waals surface area contributed by atoms with Crippen LogP contribution in [0, 0.1) is 12.8 Å². The van der Waals surface area contributed by atoms with Gasteiger partial charge in [0.2, 0.25) is 11.8 Å². The molecule has 290 valence electrons. The van der Waals surface area contributed by atoms with E-state index in [1.54, 1.807) is 27.9 Å². The summed E-state index contributed by atoms with van der Waals surface area (Å²) < 4.78 is 17.9. The Morgan fingerprint density at radius 3 is 2.59 bits per heavy atom. The number of fused-ring (bicyclic) bond motifs is 3. The zero-order valence-electron chi connectivity index (χ0n) is 32.1. The number of pyridine rings is 1. The van der Waals surface area contributed by atoms with Gasteiger partial charge in [-0.3, -0.25) is 9.59 Å². The van der Waals surface area contributed by atoms with E-state index in [0.717, 1.165) is 40.9 Å². The molecular weight excluding hydrogens is 711 g/mol. The van der Waals surface area contributed by atoms with Crippen LogP contribution < -0.4 is 20.1 Å². The van der Waals surface area contributed by atoms with E-state index in [1.165, 1.54) is 16.2 Å². The molecule has 14 heteroatoms. The van der Waals surface area contributed by atoms with Gasteiger partial charge in [-0.2, -0.15) is 0 Å². The molecule has 54 heavy (non-hydrogen) atoms. The Morgan fingerprint density at radius 2 is 1.91 bits per heavy atom. The number of aliphatic carboxylic acids is 1. The van der Waals surface area contributed by atoms with Crippen molar-refractivity contribution < 1.29 is 38.5 Å². The second-order valence-electron chi connectivity index (χ2n) is 15.9. The van der Waals surface area contributed by atoms with Gasteiger partial charge >= 0.3 is 12.1 Å². The van der Waals surface area contributed by atoms with Crippen LogP contribution in [-0.2, 0) is 19.1 Å². The maximum atomic E-state index is 14.5. The third-order valence-corrected chi connectivity index (χ3v) is 11.2. The van der Waals surface area contributed by atoms with E-state index in [-0.39, 0.29) is 31.2 Å². The minimum Gasteiger partial charge on any atom is -0.496 e. The van der Waals surface area contributed by atoms with E-state index >= 15 is 0 Å². The lowest BCUT2D eigenvalue weighted by Crippen LogP contribution is -2.56. The van der Waals surface area contributed by atoms with E-state index in [4.69, 9.17) is 24.2 Å². The number of aromatic nitrogens is 2. The highest BCUT2D eigenvalue weighted by molar-refractivity contribution is 7.13. The number of rotatable bonds is 7. The minimum absolute atomic E-state index is 0.0237. The van der Waals surface area contributed by atoms with Crippen LogP contribution in [-0.4, -0.2) is 86.8 Å². The molecule has 2 fully saturated rings. The summed E-state index contributed by atoms with van der Waals surface area (Å²) in [5.41, 5.74) is 0.815. The number of amides is 3. The minimum atomic E-state index is -1.45. The zero-order valence-corrected chi connectivity index (χ0v) is 32.9. The Hall–Kier alpha value is -4.72. The first-order chi connectivity index (χ1) is 25.6. The standard InChI is InChI=1S/C40H51N5O8S/c1-22(2)29-21-54-35(42-29)28-18-32(26-15-16-31(51-7)23(3)33(26)41-28)52-25-17-30-34(46)44-40(37(48)49)19-24(40)13-11-9-8-10-12-14-27(36(47)45(30)20-25)43-38(50)53-39(4,5)6/h11,13,15-16,18,21-22,24-25,27,30H,8-10,12,14,17,19-20H2,1-7H3,(H,43,50)(H,44,46)(H,48,49)/b13-11+/t24-,25-,27+,30+,40-/m1/s1. The number of alkyl carbamates (subject to hydrolysis) is 1. The lowest BCUT2D eigenvalue weighted by Gasteiger charge is -2.30. The van der Waals surface area contributed by atoms with Crippen molar-refractivity contribution in [3.05, 3.63) is 47.0 Å². The largest absolute Gasteiger partial charge is 0.496 e. The molecule has 0 spiro atoms. The third kappa shape index (κ3) is 8.33. The van der Waals surface area contributed by atoms with Crippen LogP contribution in [0.25, 0.3) is 21.6 Å². The smallest absolute Gasteiger partial charge is 0.408 e. The van der Waals surface area contributed by atoms with Crippen molar-refractivity contribution in [1.29, 1.82) is 0 Å². The van der Waals surface area contributed by atoms with Crippen LogP contribution in [0.5, 0.6) is 11.5 Å². The SMILES string of the molecule is COc1ccc2c(O[C@@H]3C[C@H]4C(=O)N[C@]5(C(=O)O)C[C@H]5/C=C/CCCCC[C@H](NC(=O)OC(C)(C)C)C(=O)N4C3)cc(-c3nc(C(C)C)cs3)nc2c1C. The Labute approximate surface area is 319 Å². The molecule has 3 aliphatic rings. The summed E-state index contributed by atoms with van der Waals surface area (Å²) in [6, 6.07) is 3.53. The molecule has 3 N–H and O–H groups in total. The third-order valence-electron chi connectivity index (χ3n) is 10.3. The van der Waals surface area contributed by atoms with Crippen molar-refractivity contribution in [2.75, 3.05) is 13.7 Å². The van der Waals surface area contributed by atoms with Gasteiger partial charge in [-0.1, -0.05) is 38.8 Å². The van der Waals surface area contributed by atoms with Gasteiger partial charge in [-0.05, 0) is 71.4 Å². The molecule has 4 heterocycles. The lowest BCUT2D eigenvalue weighted by molar-refractivity contribution is -0.145. The summed E-state index contributed by atoms with van der Waals surface area (Å²) in [4.78, 5) is 65.5. The molecule has 1 saturated carbocycles. The molecule has 0 radical (unpaired) electrons. The van der Waals surface area contributed by atoms with Crippen molar-refractivity contribution in [1.82, 2.24) is 25.5 Å². The second-order valence-corrected chi connectivity index (χ2v) is 16.7. The van der Waals surface area contributed by atoms with Crippen molar-refractivity contribution in [2.24, 2.45) is 5.92 Å². The number of carboxylic acids is 1. The fraction of sp³-hybridized carbons (Fsp3) is 0.550. The number of carboxylic acid groups (broad SMARTS) is 1. The monoisotopic (exact) mass is 761 g/mol. The fourth-order valence-corrected chi connectivity index (χ4v) is 8.19. The Bertz CT molecular complexity index is 1950. The van der Waals surface area contributed by atoms with E-state index in [0.29, 0.717) is 35.6 Å². The molecule has 0 unspecified atom stereocenters. The molecule has 3 aromatic rings. The number of carbonyl (C=O) groups excluding carboxylic acids is 3. The molecule has 2 aromatic heterocycles. The van der Waals surface area contributed by atoms with Gasteiger partial charge in [0.1, 0.15) is 51.5 Å². The fourth-order valence-electron chi connectivity index (χ4n) is 7.25. The number of allylic oxidation sites excluding steroid dienone is 1. The van der Waals surface area contributed by atoms with Crippen molar-refractivity contribution in [3.63, 3.8) is 0 Å². The van der Waals surface area contributed by atoms with Gasteiger partial charge in [0, 0.05) is 34.7 Å². The van der Waals surface area contributed by atoms with E-state index in [9.17, 15) is 24.3 Å². The quantitative estimate of drug-likeness (QED) is 0.226. The number of thiazole rings is 1. The summed E-state index contributed by atoms with van der Waals surface area (Å²) >= 11 is 1.49. The first kappa shape index (κ1) is 39.0. The topological polar surface area (TPSA) is 169 Å². The number of nitrogens with one attached hydrogen (secondary N) is 2. The first-order valence-corrected chi connectivity index (χ1v) is 19.6. The van der Waals surface area contributed by atoms with Gasteiger partial charge < -0.3 is 34.9 Å². The van der Waals surface area contributed by atoms with Crippen LogP contribution in [0.4, 0.5) is 4.79 Å². The Kier molecular flexibility index (Phi) is 11.2. The molecule has 2 aliphatic heterocycles.